The first-order valence-corrected chi connectivity index (χ1v) is 9.17. The van der Waals surface area contributed by atoms with Crippen LogP contribution in [0.4, 0.5) is 0 Å². The monoisotopic (exact) mass is 398 g/mol. The number of rotatable bonds is 5. The Kier molecular flexibility index (Phi) is 5.25. The number of aromatic hydroxyl groups is 2. The maximum absolute atomic E-state index is 12.3. The Hall–Kier alpha value is -4.39. The molecule has 0 aliphatic rings. The number of para-hydroxylation sites is 1. The maximum Gasteiger partial charge on any atom is 0.271 e. The largest absolute Gasteiger partial charge is 0.508 e. The van der Waals surface area contributed by atoms with Gasteiger partial charge in [-0.2, -0.15) is 10.2 Å². The lowest BCUT2D eigenvalue weighted by atomic mass is 10.1. The Morgan fingerprint density at radius 1 is 0.933 bits per heavy atom. The fourth-order valence-electron chi connectivity index (χ4n) is 2.97. The molecule has 4 aromatic rings. The van der Waals surface area contributed by atoms with Crippen LogP contribution in [-0.4, -0.2) is 32.1 Å². The van der Waals surface area contributed by atoms with Gasteiger partial charge in [0.15, 0.2) is 0 Å². The Labute approximate surface area is 172 Å². The van der Waals surface area contributed by atoms with Gasteiger partial charge in [0.1, 0.15) is 17.2 Å². The van der Waals surface area contributed by atoms with Crippen LogP contribution in [0.2, 0.25) is 0 Å². The lowest BCUT2D eigenvalue weighted by Gasteiger charge is -2.02. The van der Waals surface area contributed by atoms with Crippen molar-refractivity contribution in [2.75, 3.05) is 0 Å². The molecule has 0 aliphatic carbocycles. The lowest BCUT2D eigenvalue weighted by molar-refractivity contribution is 0.0954. The highest BCUT2D eigenvalue weighted by Crippen LogP contribution is 2.23. The molecule has 148 valence electrons. The first-order chi connectivity index (χ1) is 14.6. The smallest absolute Gasteiger partial charge is 0.271 e. The number of nitrogens with zero attached hydrogens (tertiary/aromatic N) is 3. The van der Waals surface area contributed by atoms with Crippen molar-refractivity contribution < 1.29 is 15.0 Å². The predicted octanol–water partition coefficient (Wildman–Crippen LogP) is 3.71. The minimum absolute atomic E-state index is 0.0907. The van der Waals surface area contributed by atoms with E-state index in [1.807, 2.05) is 66.9 Å². The maximum atomic E-state index is 12.3. The average molecular weight is 398 g/mol. The lowest BCUT2D eigenvalue weighted by Crippen LogP contribution is -2.17. The quantitative estimate of drug-likeness (QED) is 0.352. The van der Waals surface area contributed by atoms with E-state index in [-0.39, 0.29) is 17.1 Å². The molecule has 30 heavy (non-hydrogen) atoms. The summed E-state index contributed by atoms with van der Waals surface area (Å²) < 4.78 is 1.75. The van der Waals surface area contributed by atoms with Gasteiger partial charge < -0.3 is 10.2 Å². The summed E-state index contributed by atoms with van der Waals surface area (Å²) in [5.74, 6) is -0.978. The molecule has 0 spiro atoms. The standard InChI is InChI=1S/C23H18N4O3/c28-20-11-17(12-21(29)13-20)23(30)25-24-14-18-15-27(19-9-5-2-6-10-19)26-22(18)16-7-3-1-4-8-16/h1-15,28-29H,(H,25,30)/b24-14+. The molecule has 1 heterocycles. The zero-order valence-electron chi connectivity index (χ0n) is 15.8. The number of hydrazone groups is 1. The summed E-state index contributed by atoms with van der Waals surface area (Å²) in [6.07, 6.45) is 3.34. The van der Waals surface area contributed by atoms with E-state index < -0.39 is 5.91 Å². The molecule has 0 saturated heterocycles. The summed E-state index contributed by atoms with van der Waals surface area (Å²) in [7, 11) is 0. The van der Waals surface area contributed by atoms with Gasteiger partial charge in [-0.25, -0.2) is 10.1 Å². The highest BCUT2D eigenvalue weighted by atomic mass is 16.3. The van der Waals surface area contributed by atoms with Gasteiger partial charge in [0.2, 0.25) is 0 Å². The van der Waals surface area contributed by atoms with Gasteiger partial charge in [-0.1, -0.05) is 48.5 Å². The minimum atomic E-state index is -0.561. The Morgan fingerprint density at radius 3 is 2.23 bits per heavy atom. The molecule has 7 heteroatoms. The van der Waals surface area contributed by atoms with E-state index in [4.69, 9.17) is 0 Å². The first-order valence-electron chi connectivity index (χ1n) is 9.17. The van der Waals surface area contributed by atoms with E-state index >= 15 is 0 Å². The molecule has 3 N–H and O–H groups in total. The number of aromatic nitrogens is 2. The Bertz CT molecular complexity index is 1180. The molecule has 0 saturated carbocycles. The van der Waals surface area contributed by atoms with E-state index in [2.05, 4.69) is 15.6 Å². The summed E-state index contributed by atoms with van der Waals surface area (Å²) in [6, 6.07) is 23.0. The van der Waals surface area contributed by atoms with E-state index in [9.17, 15) is 15.0 Å². The van der Waals surface area contributed by atoms with Crippen molar-refractivity contribution in [3.05, 3.63) is 96.2 Å². The van der Waals surface area contributed by atoms with Crippen LogP contribution in [0.25, 0.3) is 16.9 Å². The second-order valence-electron chi connectivity index (χ2n) is 6.52. The van der Waals surface area contributed by atoms with Gasteiger partial charge in [0.25, 0.3) is 5.91 Å². The Balaban J connectivity index is 1.62. The topological polar surface area (TPSA) is 99.7 Å². The van der Waals surface area contributed by atoms with Gasteiger partial charge in [-0.15, -0.1) is 0 Å². The predicted molar refractivity (Wildman–Crippen MR) is 114 cm³/mol. The van der Waals surface area contributed by atoms with Crippen LogP contribution in [0, 0.1) is 0 Å². The SMILES string of the molecule is O=C(N/N=C/c1cn(-c2ccccc2)nc1-c1ccccc1)c1cc(O)cc(O)c1. The summed E-state index contributed by atoms with van der Waals surface area (Å²) in [5.41, 5.74) is 5.73. The molecule has 7 nitrogen and oxygen atoms in total. The van der Waals surface area contributed by atoms with Gasteiger partial charge in [0, 0.05) is 29.0 Å². The number of benzene rings is 3. The summed E-state index contributed by atoms with van der Waals surface area (Å²) in [6.45, 7) is 0. The highest BCUT2D eigenvalue weighted by molar-refractivity contribution is 5.96. The van der Waals surface area contributed by atoms with Gasteiger partial charge in [0.05, 0.1) is 11.9 Å². The number of hydrogen-bond donors (Lipinski definition) is 3. The zero-order chi connectivity index (χ0) is 20.9. The Morgan fingerprint density at radius 2 is 1.57 bits per heavy atom. The summed E-state index contributed by atoms with van der Waals surface area (Å²) in [4.78, 5) is 12.3. The number of amides is 1. The second kappa shape index (κ2) is 8.32. The van der Waals surface area contributed by atoms with Crippen molar-refractivity contribution in [2.24, 2.45) is 5.10 Å². The van der Waals surface area contributed by atoms with Crippen molar-refractivity contribution in [1.82, 2.24) is 15.2 Å². The van der Waals surface area contributed by atoms with Crippen LogP contribution in [0.1, 0.15) is 15.9 Å². The van der Waals surface area contributed by atoms with Crippen LogP contribution >= 0.6 is 0 Å². The van der Waals surface area contributed by atoms with Crippen LogP contribution in [-0.2, 0) is 0 Å². The highest BCUT2D eigenvalue weighted by Gasteiger charge is 2.12. The van der Waals surface area contributed by atoms with Crippen molar-refractivity contribution in [3.8, 4) is 28.4 Å². The van der Waals surface area contributed by atoms with Crippen LogP contribution in [0.5, 0.6) is 11.5 Å². The second-order valence-corrected chi connectivity index (χ2v) is 6.52. The molecular weight excluding hydrogens is 380 g/mol. The van der Waals surface area contributed by atoms with E-state index in [1.165, 1.54) is 18.3 Å². The number of carbonyl (C=O) groups excluding carboxylic acids is 1. The van der Waals surface area contributed by atoms with E-state index in [1.54, 1.807) is 4.68 Å². The van der Waals surface area contributed by atoms with Crippen LogP contribution < -0.4 is 5.43 Å². The molecule has 1 aromatic heterocycles. The van der Waals surface area contributed by atoms with Crippen molar-refractivity contribution >= 4 is 12.1 Å². The van der Waals surface area contributed by atoms with Crippen molar-refractivity contribution in [3.63, 3.8) is 0 Å². The molecule has 0 radical (unpaired) electrons. The molecule has 0 bridgehead atoms. The third-order valence-electron chi connectivity index (χ3n) is 4.34. The van der Waals surface area contributed by atoms with Gasteiger partial charge >= 0.3 is 0 Å². The van der Waals surface area contributed by atoms with E-state index in [0.717, 1.165) is 17.3 Å². The molecule has 0 fully saturated rings. The van der Waals surface area contributed by atoms with Crippen LogP contribution in [0.3, 0.4) is 0 Å². The number of phenolic OH excluding ortho intramolecular Hbond substituents is 2. The molecule has 0 aliphatic heterocycles. The normalized spacial score (nSPS) is 10.9. The van der Waals surface area contributed by atoms with Gasteiger partial charge in [-0.3, -0.25) is 4.79 Å². The third-order valence-corrected chi connectivity index (χ3v) is 4.34. The third kappa shape index (κ3) is 4.20. The first kappa shape index (κ1) is 18.9. The number of carbonyl (C=O) groups is 1. The molecule has 4 rings (SSSR count). The van der Waals surface area contributed by atoms with Crippen LogP contribution in [0.15, 0.2) is 90.2 Å². The minimum Gasteiger partial charge on any atom is -0.508 e. The molecule has 0 unspecified atom stereocenters. The average Bonchev–Trinajstić information content (AvgIpc) is 3.18. The molecule has 3 aromatic carbocycles. The van der Waals surface area contributed by atoms with Gasteiger partial charge in [-0.05, 0) is 24.3 Å². The fourth-order valence-corrected chi connectivity index (χ4v) is 2.97. The molecular formula is C23H18N4O3. The van der Waals surface area contributed by atoms with Crippen molar-refractivity contribution in [2.45, 2.75) is 0 Å². The summed E-state index contributed by atoms with van der Waals surface area (Å²) in [5, 5.41) is 27.8. The molecule has 1 amide bonds. The number of nitrogens with one attached hydrogen (secondary N) is 1. The fraction of sp³-hybridized carbons (Fsp3) is 0. The zero-order valence-corrected chi connectivity index (χ0v) is 15.8. The van der Waals surface area contributed by atoms with E-state index in [0.29, 0.717) is 11.3 Å². The van der Waals surface area contributed by atoms with Crippen molar-refractivity contribution in [1.29, 1.82) is 0 Å². The summed E-state index contributed by atoms with van der Waals surface area (Å²) >= 11 is 0. The molecule has 0 atom stereocenters. The number of phenols is 2. The number of hydrogen-bond acceptors (Lipinski definition) is 5.